The Hall–Kier alpha value is -2.83. The summed E-state index contributed by atoms with van der Waals surface area (Å²) in [4.78, 5) is 14.8. The summed E-state index contributed by atoms with van der Waals surface area (Å²) < 4.78 is 27.0. The second-order valence-electron chi connectivity index (χ2n) is 7.10. The number of carbonyl (C=O) groups is 1. The van der Waals surface area contributed by atoms with Crippen molar-refractivity contribution in [2.75, 3.05) is 18.4 Å². The van der Waals surface area contributed by atoms with Crippen LogP contribution in [0.5, 0.6) is 0 Å². The molecule has 0 aliphatic rings. The minimum absolute atomic E-state index is 0.173. The van der Waals surface area contributed by atoms with E-state index >= 15 is 0 Å². The minimum atomic E-state index is -3.76. The number of halogens is 1. The van der Waals surface area contributed by atoms with E-state index in [2.05, 4.69) is 0 Å². The molecule has 0 spiro atoms. The number of sulfonamides is 1. The Labute approximate surface area is 182 Å². The zero-order valence-electron chi connectivity index (χ0n) is 17.0. The van der Waals surface area contributed by atoms with Crippen LogP contribution in [0.15, 0.2) is 77.7 Å². The molecule has 0 radical (unpaired) electrons. The molecule has 0 aromatic heterocycles. The van der Waals surface area contributed by atoms with E-state index in [0.29, 0.717) is 12.2 Å². The van der Waals surface area contributed by atoms with Gasteiger partial charge < -0.3 is 4.90 Å². The Morgan fingerprint density at radius 2 is 1.63 bits per heavy atom. The van der Waals surface area contributed by atoms with Crippen LogP contribution in [0.25, 0.3) is 0 Å². The summed E-state index contributed by atoms with van der Waals surface area (Å²) in [5.74, 6) is -0.283. The van der Waals surface area contributed by atoms with Gasteiger partial charge >= 0.3 is 0 Å². The van der Waals surface area contributed by atoms with Gasteiger partial charge in [0.15, 0.2) is 0 Å². The van der Waals surface area contributed by atoms with Crippen molar-refractivity contribution >= 4 is 33.2 Å². The van der Waals surface area contributed by atoms with Crippen LogP contribution in [0.3, 0.4) is 0 Å². The van der Waals surface area contributed by atoms with Gasteiger partial charge in [-0.1, -0.05) is 59.6 Å². The summed E-state index contributed by atoms with van der Waals surface area (Å²) >= 11 is 6.28. The first-order valence-electron chi connectivity index (χ1n) is 9.34. The third-order valence-electron chi connectivity index (χ3n) is 4.79. The van der Waals surface area contributed by atoms with Gasteiger partial charge in [0.05, 0.1) is 21.2 Å². The van der Waals surface area contributed by atoms with Gasteiger partial charge in [0.2, 0.25) is 0 Å². The lowest BCUT2D eigenvalue weighted by molar-refractivity contribution is 0.0785. The van der Waals surface area contributed by atoms with Crippen LogP contribution < -0.4 is 4.31 Å². The van der Waals surface area contributed by atoms with Crippen LogP contribution in [-0.4, -0.2) is 33.3 Å². The number of aryl methyl sites for hydroxylation is 1. The zero-order valence-corrected chi connectivity index (χ0v) is 18.6. The number of carbonyl (C=O) groups excluding carboxylic acids is 1. The van der Waals surface area contributed by atoms with Gasteiger partial charge in [-0.2, -0.15) is 0 Å². The molecule has 0 aliphatic heterocycles. The first-order chi connectivity index (χ1) is 14.2. The molecule has 3 rings (SSSR count). The fourth-order valence-electron chi connectivity index (χ4n) is 3.12. The van der Waals surface area contributed by atoms with Crippen LogP contribution in [-0.2, 0) is 16.6 Å². The Kier molecular flexibility index (Phi) is 6.48. The first kappa shape index (κ1) is 21.9. The second kappa shape index (κ2) is 8.90. The van der Waals surface area contributed by atoms with Crippen LogP contribution in [0, 0.1) is 6.92 Å². The number of hydrogen-bond acceptors (Lipinski definition) is 3. The van der Waals surface area contributed by atoms with E-state index in [1.807, 2.05) is 31.2 Å². The standard InChI is InChI=1S/C23H23ClN2O3S/c1-17-8-7-9-18(14-17)16-25(2)23(27)21-15-19(12-13-22(21)24)26(3)30(28,29)20-10-5-4-6-11-20/h4-15H,16H2,1-3H3. The van der Waals surface area contributed by atoms with Crippen molar-refractivity contribution < 1.29 is 13.2 Å². The number of nitrogens with zero attached hydrogens (tertiary/aromatic N) is 2. The normalized spacial score (nSPS) is 11.2. The predicted molar refractivity (Wildman–Crippen MR) is 120 cm³/mol. The molecule has 0 heterocycles. The van der Waals surface area contributed by atoms with Crippen LogP contribution in [0.2, 0.25) is 5.02 Å². The zero-order chi connectivity index (χ0) is 21.9. The summed E-state index contributed by atoms with van der Waals surface area (Å²) in [6.07, 6.45) is 0. The summed E-state index contributed by atoms with van der Waals surface area (Å²) in [5.41, 5.74) is 2.72. The maximum atomic E-state index is 13.0. The Balaban J connectivity index is 1.88. The summed E-state index contributed by atoms with van der Waals surface area (Å²) in [6, 6.07) is 20.7. The molecule has 30 heavy (non-hydrogen) atoms. The molecule has 0 unspecified atom stereocenters. The average Bonchev–Trinajstić information content (AvgIpc) is 2.73. The first-order valence-corrected chi connectivity index (χ1v) is 11.2. The molecule has 0 saturated carbocycles. The smallest absolute Gasteiger partial charge is 0.264 e. The lowest BCUT2D eigenvalue weighted by atomic mass is 10.1. The predicted octanol–water partition coefficient (Wildman–Crippen LogP) is 4.75. The molecule has 7 heteroatoms. The highest BCUT2D eigenvalue weighted by Gasteiger charge is 2.23. The molecule has 0 saturated heterocycles. The molecule has 5 nitrogen and oxygen atoms in total. The van der Waals surface area contributed by atoms with Crippen molar-refractivity contribution in [2.24, 2.45) is 0 Å². The monoisotopic (exact) mass is 442 g/mol. The number of benzene rings is 3. The Bertz CT molecular complexity index is 1160. The summed E-state index contributed by atoms with van der Waals surface area (Å²) in [6.45, 7) is 2.41. The van der Waals surface area contributed by atoms with E-state index in [1.54, 1.807) is 42.3 Å². The second-order valence-corrected chi connectivity index (χ2v) is 9.48. The maximum Gasteiger partial charge on any atom is 0.264 e. The van der Waals surface area contributed by atoms with Crippen molar-refractivity contribution in [3.63, 3.8) is 0 Å². The minimum Gasteiger partial charge on any atom is -0.337 e. The van der Waals surface area contributed by atoms with Crippen LogP contribution >= 0.6 is 11.6 Å². The average molecular weight is 443 g/mol. The van der Waals surface area contributed by atoms with Gasteiger partial charge in [0.25, 0.3) is 15.9 Å². The molecule has 0 fully saturated rings. The molecule has 156 valence electrons. The molecule has 0 atom stereocenters. The molecule has 0 bridgehead atoms. The van der Waals surface area contributed by atoms with Gasteiger partial charge in [-0.05, 0) is 42.8 Å². The third-order valence-corrected chi connectivity index (χ3v) is 6.92. The largest absolute Gasteiger partial charge is 0.337 e. The van der Waals surface area contributed by atoms with E-state index in [4.69, 9.17) is 11.6 Å². The lowest BCUT2D eigenvalue weighted by Gasteiger charge is -2.22. The van der Waals surface area contributed by atoms with Crippen molar-refractivity contribution in [1.29, 1.82) is 0 Å². The van der Waals surface area contributed by atoms with E-state index in [0.717, 1.165) is 15.4 Å². The number of amides is 1. The highest BCUT2D eigenvalue weighted by molar-refractivity contribution is 7.92. The van der Waals surface area contributed by atoms with Crippen LogP contribution in [0.4, 0.5) is 5.69 Å². The fourth-order valence-corrected chi connectivity index (χ4v) is 4.53. The van der Waals surface area contributed by atoms with E-state index < -0.39 is 10.0 Å². The van der Waals surface area contributed by atoms with Gasteiger partial charge in [-0.3, -0.25) is 9.10 Å². The van der Waals surface area contributed by atoms with Crippen LogP contribution in [0.1, 0.15) is 21.5 Å². The molecule has 0 aliphatic carbocycles. The topological polar surface area (TPSA) is 57.7 Å². The van der Waals surface area contributed by atoms with Gasteiger partial charge in [0, 0.05) is 20.6 Å². The van der Waals surface area contributed by atoms with Crippen molar-refractivity contribution in [1.82, 2.24) is 4.90 Å². The van der Waals surface area contributed by atoms with Gasteiger partial charge in [0.1, 0.15) is 0 Å². The molecule has 3 aromatic carbocycles. The lowest BCUT2D eigenvalue weighted by Crippen LogP contribution is -2.28. The van der Waals surface area contributed by atoms with E-state index in [9.17, 15) is 13.2 Å². The highest BCUT2D eigenvalue weighted by Crippen LogP contribution is 2.27. The Morgan fingerprint density at radius 3 is 2.30 bits per heavy atom. The molecule has 1 amide bonds. The highest BCUT2D eigenvalue weighted by atomic mass is 35.5. The quantitative estimate of drug-likeness (QED) is 0.553. The number of hydrogen-bond donors (Lipinski definition) is 0. The number of rotatable bonds is 6. The number of anilines is 1. The van der Waals surface area contributed by atoms with E-state index in [1.165, 1.54) is 25.2 Å². The summed E-state index contributed by atoms with van der Waals surface area (Å²) in [5, 5.41) is 0.269. The van der Waals surface area contributed by atoms with Gasteiger partial charge in [-0.15, -0.1) is 0 Å². The molecular weight excluding hydrogens is 420 g/mol. The fraction of sp³-hybridized carbons (Fsp3) is 0.174. The van der Waals surface area contributed by atoms with E-state index in [-0.39, 0.29) is 21.4 Å². The van der Waals surface area contributed by atoms with Gasteiger partial charge in [-0.25, -0.2) is 8.42 Å². The Morgan fingerprint density at radius 1 is 0.933 bits per heavy atom. The molecule has 3 aromatic rings. The summed E-state index contributed by atoms with van der Waals surface area (Å²) in [7, 11) is -0.608. The maximum absolute atomic E-state index is 13.0. The van der Waals surface area contributed by atoms with Crippen molar-refractivity contribution in [2.45, 2.75) is 18.4 Å². The molecular formula is C23H23ClN2O3S. The SMILES string of the molecule is Cc1cccc(CN(C)C(=O)c2cc(N(C)S(=O)(=O)c3ccccc3)ccc2Cl)c1. The third kappa shape index (κ3) is 4.66. The molecule has 0 N–H and O–H groups in total. The van der Waals surface area contributed by atoms with Crippen molar-refractivity contribution in [3.8, 4) is 0 Å². The van der Waals surface area contributed by atoms with Crippen molar-refractivity contribution in [3.05, 3.63) is 94.5 Å².